The molecule has 0 aliphatic heterocycles. The van der Waals surface area contributed by atoms with Crippen LogP contribution >= 0.6 is 0 Å². The zero-order valence-corrected chi connectivity index (χ0v) is 15.4. The standard InChI is InChI=1S/C20H16FN5O3/c1-28-16-4-2-3-15(9-16)23-18(27)11-26-10-17(22-12-26)19-24-20(29-25-19)13-5-7-14(21)8-6-13/h2-10,12H,11H2,1H3,(H,23,27). The highest BCUT2D eigenvalue weighted by atomic mass is 19.1. The number of hydrogen-bond acceptors (Lipinski definition) is 6. The van der Waals surface area contributed by atoms with Crippen LogP contribution in [0.5, 0.6) is 5.75 Å². The highest BCUT2D eigenvalue weighted by Gasteiger charge is 2.14. The second-order valence-electron chi connectivity index (χ2n) is 6.14. The Labute approximate surface area is 165 Å². The van der Waals surface area contributed by atoms with Gasteiger partial charge in [-0.3, -0.25) is 4.79 Å². The highest BCUT2D eigenvalue weighted by molar-refractivity contribution is 5.90. The first-order chi connectivity index (χ1) is 14.1. The number of ether oxygens (including phenoxy) is 1. The van der Waals surface area contributed by atoms with Crippen LogP contribution in [0.1, 0.15) is 0 Å². The minimum Gasteiger partial charge on any atom is -0.497 e. The average Bonchev–Trinajstić information content (AvgIpc) is 3.38. The molecule has 1 amide bonds. The molecule has 0 radical (unpaired) electrons. The number of benzene rings is 2. The molecular formula is C20H16FN5O3. The number of hydrogen-bond donors (Lipinski definition) is 1. The molecule has 2 heterocycles. The summed E-state index contributed by atoms with van der Waals surface area (Å²) in [5.74, 6) is 0.616. The first-order valence-electron chi connectivity index (χ1n) is 8.66. The van der Waals surface area contributed by atoms with Crippen molar-refractivity contribution in [3.05, 3.63) is 66.9 Å². The Bertz CT molecular complexity index is 1140. The summed E-state index contributed by atoms with van der Waals surface area (Å²) in [6, 6.07) is 12.8. The van der Waals surface area contributed by atoms with Crippen molar-refractivity contribution < 1.29 is 18.4 Å². The summed E-state index contributed by atoms with van der Waals surface area (Å²) < 4.78 is 25.0. The van der Waals surface area contributed by atoms with Gasteiger partial charge in [0.1, 0.15) is 23.8 Å². The summed E-state index contributed by atoms with van der Waals surface area (Å²) >= 11 is 0. The number of imidazole rings is 1. The molecule has 2 aromatic carbocycles. The van der Waals surface area contributed by atoms with Crippen LogP contribution in [0.4, 0.5) is 10.1 Å². The van der Waals surface area contributed by atoms with Crippen LogP contribution in [0.2, 0.25) is 0 Å². The van der Waals surface area contributed by atoms with Gasteiger partial charge in [0.25, 0.3) is 5.89 Å². The molecule has 0 aliphatic carbocycles. The predicted molar refractivity (Wildman–Crippen MR) is 103 cm³/mol. The molecule has 146 valence electrons. The van der Waals surface area contributed by atoms with Gasteiger partial charge in [-0.2, -0.15) is 4.98 Å². The van der Waals surface area contributed by atoms with Crippen molar-refractivity contribution >= 4 is 11.6 Å². The molecule has 0 saturated carbocycles. The molecule has 2 aromatic heterocycles. The largest absolute Gasteiger partial charge is 0.497 e. The van der Waals surface area contributed by atoms with E-state index in [-0.39, 0.29) is 30.0 Å². The van der Waals surface area contributed by atoms with Crippen LogP contribution in [0.25, 0.3) is 23.0 Å². The van der Waals surface area contributed by atoms with Crippen molar-refractivity contribution in [1.29, 1.82) is 0 Å². The molecule has 0 unspecified atom stereocenters. The molecule has 4 aromatic rings. The average molecular weight is 393 g/mol. The second-order valence-corrected chi connectivity index (χ2v) is 6.14. The summed E-state index contributed by atoms with van der Waals surface area (Å²) in [5, 5.41) is 6.69. The van der Waals surface area contributed by atoms with E-state index in [2.05, 4.69) is 20.4 Å². The zero-order valence-electron chi connectivity index (χ0n) is 15.4. The van der Waals surface area contributed by atoms with E-state index in [0.717, 1.165) is 0 Å². The third-order valence-corrected chi connectivity index (χ3v) is 4.06. The van der Waals surface area contributed by atoms with Crippen molar-refractivity contribution in [2.45, 2.75) is 6.54 Å². The summed E-state index contributed by atoms with van der Waals surface area (Å²) in [5.41, 5.74) is 1.69. The van der Waals surface area contributed by atoms with Crippen LogP contribution in [0.3, 0.4) is 0 Å². The molecule has 4 rings (SSSR count). The first kappa shape index (κ1) is 18.4. The van der Waals surface area contributed by atoms with E-state index in [1.54, 1.807) is 54.3 Å². The number of anilines is 1. The number of aromatic nitrogens is 4. The minimum atomic E-state index is -0.348. The van der Waals surface area contributed by atoms with Crippen molar-refractivity contribution in [1.82, 2.24) is 19.7 Å². The van der Waals surface area contributed by atoms with Gasteiger partial charge in [0.05, 0.1) is 13.4 Å². The van der Waals surface area contributed by atoms with Gasteiger partial charge in [-0.05, 0) is 36.4 Å². The third kappa shape index (κ3) is 4.29. The number of nitrogens with zero attached hydrogens (tertiary/aromatic N) is 4. The first-order valence-corrected chi connectivity index (χ1v) is 8.66. The van der Waals surface area contributed by atoms with Gasteiger partial charge >= 0.3 is 0 Å². The molecular weight excluding hydrogens is 377 g/mol. The fourth-order valence-electron chi connectivity index (χ4n) is 2.67. The Morgan fingerprint density at radius 1 is 1.24 bits per heavy atom. The summed E-state index contributed by atoms with van der Waals surface area (Å²) in [4.78, 5) is 20.7. The van der Waals surface area contributed by atoms with E-state index in [9.17, 15) is 9.18 Å². The summed E-state index contributed by atoms with van der Waals surface area (Å²) in [6.45, 7) is 0.0624. The molecule has 0 fully saturated rings. The van der Waals surface area contributed by atoms with Crippen LogP contribution in [-0.2, 0) is 11.3 Å². The third-order valence-electron chi connectivity index (χ3n) is 4.06. The lowest BCUT2D eigenvalue weighted by atomic mass is 10.2. The van der Waals surface area contributed by atoms with E-state index >= 15 is 0 Å². The maximum Gasteiger partial charge on any atom is 0.258 e. The molecule has 8 nitrogen and oxygen atoms in total. The fraction of sp³-hybridized carbons (Fsp3) is 0.100. The molecule has 0 saturated heterocycles. The van der Waals surface area contributed by atoms with Gasteiger partial charge in [-0.25, -0.2) is 9.37 Å². The van der Waals surface area contributed by atoms with Crippen molar-refractivity contribution in [2.75, 3.05) is 12.4 Å². The van der Waals surface area contributed by atoms with Gasteiger partial charge in [0, 0.05) is 23.5 Å². The van der Waals surface area contributed by atoms with E-state index in [1.807, 2.05) is 0 Å². The van der Waals surface area contributed by atoms with E-state index in [1.165, 1.54) is 18.5 Å². The Kier molecular flexibility index (Phi) is 5.02. The van der Waals surface area contributed by atoms with E-state index in [0.29, 0.717) is 22.7 Å². The predicted octanol–water partition coefficient (Wildman–Crippen LogP) is 3.39. The van der Waals surface area contributed by atoms with Crippen LogP contribution in [0, 0.1) is 5.82 Å². The Morgan fingerprint density at radius 3 is 2.86 bits per heavy atom. The number of amides is 1. The zero-order chi connectivity index (χ0) is 20.2. The summed E-state index contributed by atoms with van der Waals surface area (Å²) in [7, 11) is 1.56. The molecule has 29 heavy (non-hydrogen) atoms. The SMILES string of the molecule is COc1cccc(NC(=O)Cn2cnc(-c3noc(-c4ccc(F)cc4)n3)c2)c1. The molecule has 0 atom stereocenters. The second kappa shape index (κ2) is 7.93. The van der Waals surface area contributed by atoms with E-state index < -0.39 is 0 Å². The van der Waals surface area contributed by atoms with Crippen LogP contribution < -0.4 is 10.1 Å². The highest BCUT2D eigenvalue weighted by Crippen LogP contribution is 2.21. The van der Waals surface area contributed by atoms with Gasteiger partial charge in [0.2, 0.25) is 11.7 Å². The monoisotopic (exact) mass is 393 g/mol. The lowest BCUT2D eigenvalue weighted by molar-refractivity contribution is -0.116. The number of rotatable bonds is 6. The minimum absolute atomic E-state index is 0.0624. The maximum absolute atomic E-state index is 13.0. The number of methoxy groups -OCH3 is 1. The van der Waals surface area contributed by atoms with Crippen molar-refractivity contribution in [3.8, 4) is 28.7 Å². The Morgan fingerprint density at radius 2 is 2.07 bits per heavy atom. The van der Waals surface area contributed by atoms with Gasteiger partial charge in [0.15, 0.2) is 0 Å². The van der Waals surface area contributed by atoms with Gasteiger partial charge in [-0.1, -0.05) is 11.2 Å². The van der Waals surface area contributed by atoms with Crippen LogP contribution in [-0.4, -0.2) is 32.7 Å². The number of halogens is 1. The molecule has 0 bridgehead atoms. The normalized spacial score (nSPS) is 10.7. The molecule has 9 heteroatoms. The number of carbonyl (C=O) groups excluding carboxylic acids is 1. The van der Waals surface area contributed by atoms with Crippen molar-refractivity contribution in [2.24, 2.45) is 0 Å². The molecule has 0 aliphatic rings. The summed E-state index contributed by atoms with van der Waals surface area (Å²) in [6.07, 6.45) is 3.15. The van der Waals surface area contributed by atoms with Gasteiger partial charge < -0.3 is 19.1 Å². The topological polar surface area (TPSA) is 95.1 Å². The van der Waals surface area contributed by atoms with Crippen LogP contribution in [0.15, 0.2) is 65.6 Å². The maximum atomic E-state index is 13.0. The van der Waals surface area contributed by atoms with Gasteiger partial charge in [-0.15, -0.1) is 0 Å². The Hall–Kier alpha value is -4.01. The number of nitrogens with one attached hydrogen (secondary N) is 1. The van der Waals surface area contributed by atoms with E-state index in [4.69, 9.17) is 9.26 Å². The quantitative estimate of drug-likeness (QED) is 0.540. The molecule has 1 N–H and O–H groups in total. The lowest BCUT2D eigenvalue weighted by Gasteiger charge is -2.07. The Balaban J connectivity index is 1.43. The number of carbonyl (C=O) groups is 1. The fourth-order valence-corrected chi connectivity index (χ4v) is 2.67. The van der Waals surface area contributed by atoms with Crippen molar-refractivity contribution in [3.63, 3.8) is 0 Å². The lowest BCUT2D eigenvalue weighted by Crippen LogP contribution is -2.17. The smallest absolute Gasteiger partial charge is 0.258 e. The molecule has 0 spiro atoms.